The fraction of sp³-hybridized carbons (Fsp3) is 0.500. The van der Waals surface area contributed by atoms with E-state index in [2.05, 4.69) is 9.47 Å². The van der Waals surface area contributed by atoms with Crippen molar-refractivity contribution in [2.75, 3.05) is 0 Å². The predicted molar refractivity (Wildman–Crippen MR) is 21.3 cm³/mol. The van der Waals surface area contributed by atoms with E-state index in [4.69, 9.17) is 0 Å². The zero-order valence-corrected chi connectivity index (χ0v) is 5.08. The minimum Gasteiger partial charge on any atom is -0.380 e. The van der Waals surface area contributed by atoms with Crippen molar-refractivity contribution < 1.29 is 35.8 Å². The molecule has 1 rings (SSSR count). The third kappa shape index (κ3) is 1.47. The Hall–Kier alpha value is -0.920. The number of hydrogen-bond donors (Lipinski definition) is 0. The van der Waals surface area contributed by atoms with Crippen LogP contribution in [0.4, 0.5) is 26.3 Å². The Balaban J connectivity index is 3.03. The fourth-order valence-electron chi connectivity index (χ4n) is 0.478. The molecule has 0 saturated heterocycles. The Morgan fingerprint density at radius 3 is 1.92 bits per heavy atom. The molecule has 8 heteroatoms. The van der Waals surface area contributed by atoms with E-state index in [0.29, 0.717) is 0 Å². The van der Waals surface area contributed by atoms with Gasteiger partial charge in [0.1, 0.15) is 0 Å². The molecule has 0 aromatic carbocycles. The average molecular weight is 194 g/mol. The molecule has 1 heterocycles. The van der Waals surface area contributed by atoms with Crippen molar-refractivity contribution in [2.24, 2.45) is 0 Å². The Bertz CT molecular complexity index is 234. The topological polar surface area (TPSA) is 18.5 Å². The minimum atomic E-state index is -4.99. The number of rotatable bonds is 0. The molecule has 0 aromatic rings. The molecule has 0 atom stereocenters. The van der Waals surface area contributed by atoms with Crippen LogP contribution in [0.2, 0.25) is 0 Å². The summed E-state index contributed by atoms with van der Waals surface area (Å²) in [5.41, 5.74) is 0. The summed E-state index contributed by atoms with van der Waals surface area (Å²) in [7, 11) is 0. The van der Waals surface area contributed by atoms with E-state index < -0.39 is 24.2 Å². The molecular weight excluding hydrogens is 194 g/mol. The van der Waals surface area contributed by atoms with Gasteiger partial charge < -0.3 is 4.74 Å². The number of halogens is 6. The van der Waals surface area contributed by atoms with Crippen LogP contribution < -0.4 is 0 Å². The van der Waals surface area contributed by atoms with Crippen LogP contribution in [-0.2, 0) is 9.47 Å². The van der Waals surface area contributed by atoms with Crippen molar-refractivity contribution in [3.05, 3.63) is 11.8 Å². The zero-order valence-electron chi connectivity index (χ0n) is 5.08. The van der Waals surface area contributed by atoms with Gasteiger partial charge in [-0.05, 0) is 0 Å². The molecule has 0 fully saturated rings. The standard InChI is InChI=1S/C4F6O2/c5-1-2(6)11-4(9,10)12-3(1,7)8. The van der Waals surface area contributed by atoms with Crippen LogP contribution in [0.3, 0.4) is 0 Å². The summed E-state index contributed by atoms with van der Waals surface area (Å²) >= 11 is 0. The van der Waals surface area contributed by atoms with E-state index in [1.165, 1.54) is 0 Å². The molecule has 0 aliphatic carbocycles. The smallest absolute Gasteiger partial charge is 0.380 e. The molecule has 0 unspecified atom stereocenters. The monoisotopic (exact) mass is 194 g/mol. The van der Waals surface area contributed by atoms with Crippen molar-refractivity contribution in [1.82, 2.24) is 0 Å². The van der Waals surface area contributed by atoms with Gasteiger partial charge in [-0.2, -0.15) is 17.6 Å². The first kappa shape index (κ1) is 9.17. The van der Waals surface area contributed by atoms with Crippen LogP contribution in [0.5, 0.6) is 0 Å². The van der Waals surface area contributed by atoms with E-state index in [1.54, 1.807) is 0 Å². The van der Waals surface area contributed by atoms with Crippen molar-refractivity contribution >= 4 is 0 Å². The predicted octanol–water partition coefficient (Wildman–Crippen LogP) is 2.28. The van der Waals surface area contributed by atoms with Gasteiger partial charge in [0.2, 0.25) is 0 Å². The molecule has 12 heavy (non-hydrogen) atoms. The Morgan fingerprint density at radius 1 is 1.00 bits per heavy atom. The van der Waals surface area contributed by atoms with Crippen molar-refractivity contribution in [1.29, 1.82) is 0 Å². The van der Waals surface area contributed by atoms with Gasteiger partial charge >= 0.3 is 18.4 Å². The maximum atomic E-state index is 11.9. The largest absolute Gasteiger partial charge is 0.542 e. The first-order chi connectivity index (χ1) is 5.25. The highest BCUT2D eigenvalue weighted by molar-refractivity contribution is 5.03. The van der Waals surface area contributed by atoms with Gasteiger partial charge in [0.05, 0.1) is 0 Å². The second-order valence-corrected chi connectivity index (χ2v) is 1.77. The molecule has 70 valence electrons. The molecular formula is C4F6O2. The second kappa shape index (κ2) is 2.28. The lowest BCUT2D eigenvalue weighted by molar-refractivity contribution is -0.470. The molecule has 1 aliphatic heterocycles. The lowest BCUT2D eigenvalue weighted by atomic mass is 10.5. The van der Waals surface area contributed by atoms with E-state index in [1.807, 2.05) is 0 Å². The average Bonchev–Trinajstić information content (AvgIpc) is 1.79. The van der Waals surface area contributed by atoms with Gasteiger partial charge in [-0.1, -0.05) is 0 Å². The Kier molecular flexibility index (Phi) is 1.74. The van der Waals surface area contributed by atoms with Gasteiger partial charge in [0.25, 0.3) is 5.83 Å². The van der Waals surface area contributed by atoms with Gasteiger partial charge in [-0.3, -0.25) is 0 Å². The van der Waals surface area contributed by atoms with E-state index >= 15 is 0 Å². The van der Waals surface area contributed by atoms with E-state index in [9.17, 15) is 26.3 Å². The molecule has 2 nitrogen and oxygen atoms in total. The lowest BCUT2D eigenvalue weighted by Gasteiger charge is -2.25. The van der Waals surface area contributed by atoms with Gasteiger partial charge in [0.15, 0.2) is 0 Å². The number of ether oxygens (including phenoxy) is 2. The van der Waals surface area contributed by atoms with Crippen LogP contribution in [-0.4, -0.2) is 12.4 Å². The minimum absolute atomic E-state index is 2.48. The summed E-state index contributed by atoms with van der Waals surface area (Å²) in [6, 6.07) is -2.68. The van der Waals surface area contributed by atoms with Gasteiger partial charge in [0, 0.05) is 0 Å². The summed E-state index contributed by atoms with van der Waals surface area (Å²) in [6.07, 6.45) is -9.85. The van der Waals surface area contributed by atoms with Crippen LogP contribution in [0, 0.1) is 0 Å². The first-order valence-electron chi connectivity index (χ1n) is 2.45. The van der Waals surface area contributed by atoms with E-state index in [-0.39, 0.29) is 0 Å². The van der Waals surface area contributed by atoms with Gasteiger partial charge in [-0.25, -0.2) is 4.74 Å². The highest BCUT2D eigenvalue weighted by Crippen LogP contribution is 2.42. The number of hydrogen-bond acceptors (Lipinski definition) is 2. The number of alkyl halides is 4. The maximum Gasteiger partial charge on any atom is 0.542 e. The first-order valence-corrected chi connectivity index (χ1v) is 2.45. The van der Waals surface area contributed by atoms with Crippen molar-refractivity contribution in [3.63, 3.8) is 0 Å². The molecule has 0 spiro atoms. The molecule has 0 radical (unpaired) electrons. The molecule has 0 bridgehead atoms. The summed E-state index contributed by atoms with van der Waals surface area (Å²) < 4.78 is 76.2. The second-order valence-electron chi connectivity index (χ2n) is 1.77. The SMILES string of the molecule is FC1=C(F)C(F)(F)OC(F)(F)O1. The summed E-state index contributed by atoms with van der Waals surface area (Å²) in [4.78, 5) is 0. The highest BCUT2D eigenvalue weighted by Gasteiger charge is 2.57. The van der Waals surface area contributed by atoms with Crippen LogP contribution in [0.1, 0.15) is 0 Å². The molecule has 0 aromatic heterocycles. The third-order valence-electron chi connectivity index (χ3n) is 0.884. The quantitative estimate of drug-likeness (QED) is 0.550. The highest BCUT2D eigenvalue weighted by atomic mass is 19.3. The summed E-state index contributed by atoms with van der Waals surface area (Å²) in [5.74, 6) is -2.81. The summed E-state index contributed by atoms with van der Waals surface area (Å²) in [5, 5.41) is 0. The van der Waals surface area contributed by atoms with Crippen molar-refractivity contribution in [2.45, 2.75) is 12.4 Å². The zero-order chi connectivity index (χ0) is 9.57. The molecule has 0 N–H and O–H groups in total. The van der Waals surface area contributed by atoms with Crippen LogP contribution >= 0.6 is 0 Å². The Morgan fingerprint density at radius 2 is 1.50 bits per heavy atom. The normalized spacial score (nSPS) is 26.8. The summed E-state index contributed by atoms with van der Waals surface area (Å²) in [6.45, 7) is 0. The fourth-order valence-corrected chi connectivity index (χ4v) is 0.478. The van der Waals surface area contributed by atoms with E-state index in [0.717, 1.165) is 0 Å². The van der Waals surface area contributed by atoms with Crippen LogP contribution in [0.15, 0.2) is 11.8 Å². The molecule has 0 amide bonds. The molecule has 0 saturated carbocycles. The van der Waals surface area contributed by atoms with Crippen molar-refractivity contribution in [3.8, 4) is 0 Å². The van der Waals surface area contributed by atoms with Gasteiger partial charge in [-0.15, -0.1) is 8.78 Å². The lowest BCUT2D eigenvalue weighted by Crippen LogP contribution is -2.40. The van der Waals surface area contributed by atoms with Crippen LogP contribution in [0.25, 0.3) is 0 Å². The molecule has 1 aliphatic rings. The third-order valence-corrected chi connectivity index (χ3v) is 0.884. The Labute approximate surface area is 61.4 Å². The maximum absolute atomic E-state index is 11.9.